The van der Waals surface area contributed by atoms with Gasteiger partial charge in [-0.15, -0.1) is 11.6 Å². The van der Waals surface area contributed by atoms with Crippen LogP contribution in [0.5, 0.6) is 0 Å². The molecule has 1 N–H and O–H groups in total. The number of halogens is 1. The van der Waals surface area contributed by atoms with Crippen molar-refractivity contribution in [2.75, 3.05) is 25.6 Å². The van der Waals surface area contributed by atoms with Gasteiger partial charge in [0, 0.05) is 17.8 Å². The van der Waals surface area contributed by atoms with Crippen molar-refractivity contribution in [2.45, 2.75) is 38.5 Å². The standard InChI is InChI=1S/C15H24ClNO2/c16-1-3-19-4-2-17-14(18)15-8-11-5-12(9-15)7-13(6-11)10-15/h11-13H,1-10H2,(H,17,18). The molecule has 4 saturated carbocycles. The van der Waals surface area contributed by atoms with E-state index in [9.17, 15) is 4.79 Å². The van der Waals surface area contributed by atoms with Crippen molar-refractivity contribution in [2.24, 2.45) is 23.2 Å². The highest BCUT2D eigenvalue weighted by atomic mass is 35.5. The lowest BCUT2D eigenvalue weighted by molar-refractivity contribution is -0.146. The summed E-state index contributed by atoms with van der Waals surface area (Å²) < 4.78 is 5.31. The molecule has 0 aliphatic heterocycles. The number of amides is 1. The van der Waals surface area contributed by atoms with Gasteiger partial charge in [0.2, 0.25) is 5.91 Å². The average Bonchev–Trinajstić information content (AvgIpc) is 2.36. The summed E-state index contributed by atoms with van der Waals surface area (Å²) in [6.45, 7) is 1.76. The molecule has 4 aliphatic carbocycles. The molecule has 0 atom stereocenters. The second-order valence-corrected chi connectivity index (χ2v) is 7.13. The summed E-state index contributed by atoms with van der Waals surface area (Å²) in [5, 5.41) is 3.09. The van der Waals surface area contributed by atoms with Crippen LogP contribution in [0.4, 0.5) is 0 Å². The first kappa shape index (κ1) is 13.7. The van der Waals surface area contributed by atoms with Crippen molar-refractivity contribution in [3.8, 4) is 0 Å². The van der Waals surface area contributed by atoms with Gasteiger partial charge in [0.25, 0.3) is 0 Å². The number of rotatable bonds is 6. The molecular weight excluding hydrogens is 262 g/mol. The summed E-state index contributed by atoms with van der Waals surface area (Å²) in [6, 6.07) is 0. The molecule has 0 spiro atoms. The van der Waals surface area contributed by atoms with E-state index in [1.165, 1.54) is 19.3 Å². The highest BCUT2D eigenvalue weighted by molar-refractivity contribution is 6.17. The van der Waals surface area contributed by atoms with Gasteiger partial charge in [-0.2, -0.15) is 0 Å². The van der Waals surface area contributed by atoms with Crippen LogP contribution in [0.2, 0.25) is 0 Å². The normalized spacial score (nSPS) is 39.5. The molecule has 0 unspecified atom stereocenters. The second-order valence-electron chi connectivity index (χ2n) is 6.76. The maximum absolute atomic E-state index is 12.5. The highest BCUT2D eigenvalue weighted by Crippen LogP contribution is 2.60. The van der Waals surface area contributed by atoms with Crippen LogP contribution in [0.15, 0.2) is 0 Å². The molecule has 4 rings (SSSR count). The Bertz CT molecular complexity index is 310. The lowest BCUT2D eigenvalue weighted by atomic mass is 9.49. The Labute approximate surface area is 120 Å². The predicted molar refractivity (Wildman–Crippen MR) is 75.2 cm³/mol. The number of nitrogens with one attached hydrogen (secondary N) is 1. The first-order valence-electron chi connectivity index (χ1n) is 7.64. The second kappa shape index (κ2) is 5.61. The minimum atomic E-state index is -0.0266. The summed E-state index contributed by atoms with van der Waals surface area (Å²) in [5.74, 6) is 3.28. The zero-order chi connectivity index (χ0) is 13.3. The summed E-state index contributed by atoms with van der Waals surface area (Å²) in [5.41, 5.74) is -0.0266. The van der Waals surface area contributed by atoms with E-state index < -0.39 is 0 Å². The predicted octanol–water partition coefficient (Wildman–Crippen LogP) is 2.57. The third kappa shape index (κ3) is 2.78. The van der Waals surface area contributed by atoms with Gasteiger partial charge < -0.3 is 10.1 Å². The topological polar surface area (TPSA) is 38.3 Å². The Kier molecular flexibility index (Phi) is 4.04. The lowest BCUT2D eigenvalue weighted by Crippen LogP contribution is -2.53. The largest absolute Gasteiger partial charge is 0.378 e. The fourth-order valence-electron chi connectivity index (χ4n) is 4.97. The van der Waals surface area contributed by atoms with Crippen molar-refractivity contribution in [3.05, 3.63) is 0 Å². The zero-order valence-electron chi connectivity index (χ0n) is 11.5. The number of alkyl halides is 1. The molecule has 0 saturated heterocycles. The minimum absolute atomic E-state index is 0.0266. The number of hydrogen-bond acceptors (Lipinski definition) is 2. The summed E-state index contributed by atoms with van der Waals surface area (Å²) in [4.78, 5) is 12.5. The van der Waals surface area contributed by atoms with Crippen LogP contribution in [0.1, 0.15) is 38.5 Å². The van der Waals surface area contributed by atoms with Crippen molar-refractivity contribution in [1.82, 2.24) is 5.32 Å². The smallest absolute Gasteiger partial charge is 0.226 e. The van der Waals surface area contributed by atoms with Crippen LogP contribution in [0.25, 0.3) is 0 Å². The third-order valence-corrected chi connectivity index (χ3v) is 5.43. The van der Waals surface area contributed by atoms with Crippen LogP contribution in [0.3, 0.4) is 0 Å². The quantitative estimate of drug-likeness (QED) is 0.602. The average molecular weight is 286 g/mol. The highest BCUT2D eigenvalue weighted by Gasteiger charge is 2.54. The molecule has 4 heteroatoms. The Morgan fingerprint density at radius 1 is 1.11 bits per heavy atom. The molecular formula is C15H24ClNO2. The Morgan fingerprint density at radius 2 is 1.68 bits per heavy atom. The number of hydrogen-bond donors (Lipinski definition) is 1. The molecule has 0 heterocycles. The van der Waals surface area contributed by atoms with Gasteiger partial charge in [-0.25, -0.2) is 0 Å². The summed E-state index contributed by atoms with van der Waals surface area (Å²) in [6.07, 6.45) is 7.54. The molecule has 0 aromatic rings. The number of carbonyl (C=O) groups excluding carboxylic acids is 1. The zero-order valence-corrected chi connectivity index (χ0v) is 12.3. The fraction of sp³-hybridized carbons (Fsp3) is 0.933. The van der Waals surface area contributed by atoms with Crippen LogP contribution in [-0.4, -0.2) is 31.5 Å². The lowest BCUT2D eigenvalue weighted by Gasteiger charge is -2.55. The summed E-state index contributed by atoms with van der Waals surface area (Å²) >= 11 is 5.54. The van der Waals surface area contributed by atoms with Crippen LogP contribution >= 0.6 is 11.6 Å². The van der Waals surface area contributed by atoms with Crippen LogP contribution < -0.4 is 5.32 Å². The maximum atomic E-state index is 12.5. The molecule has 0 aromatic heterocycles. The van der Waals surface area contributed by atoms with E-state index >= 15 is 0 Å². The molecule has 4 bridgehead atoms. The van der Waals surface area contributed by atoms with Crippen LogP contribution in [-0.2, 0) is 9.53 Å². The Balaban J connectivity index is 1.52. The van der Waals surface area contributed by atoms with Gasteiger partial charge in [0.15, 0.2) is 0 Å². The fourth-order valence-corrected chi connectivity index (χ4v) is 5.08. The van der Waals surface area contributed by atoms with Gasteiger partial charge in [-0.3, -0.25) is 4.79 Å². The SMILES string of the molecule is O=C(NCCOCCCl)C12CC3CC(CC(C3)C1)C2. The van der Waals surface area contributed by atoms with Gasteiger partial charge in [-0.05, 0) is 56.3 Å². The third-order valence-electron chi connectivity index (χ3n) is 5.27. The molecule has 1 amide bonds. The van der Waals surface area contributed by atoms with Crippen molar-refractivity contribution in [1.29, 1.82) is 0 Å². The van der Waals surface area contributed by atoms with Gasteiger partial charge in [0.1, 0.15) is 0 Å². The molecule has 4 aliphatic rings. The van der Waals surface area contributed by atoms with Crippen molar-refractivity contribution in [3.63, 3.8) is 0 Å². The molecule has 19 heavy (non-hydrogen) atoms. The number of ether oxygens (including phenoxy) is 1. The maximum Gasteiger partial charge on any atom is 0.226 e. The van der Waals surface area contributed by atoms with Gasteiger partial charge in [-0.1, -0.05) is 0 Å². The molecule has 3 nitrogen and oxygen atoms in total. The monoisotopic (exact) mass is 285 g/mol. The van der Waals surface area contributed by atoms with E-state index in [0.717, 1.165) is 37.0 Å². The van der Waals surface area contributed by atoms with Gasteiger partial charge in [0.05, 0.1) is 13.2 Å². The van der Waals surface area contributed by atoms with Crippen molar-refractivity contribution >= 4 is 17.5 Å². The molecule has 0 aromatic carbocycles. The van der Waals surface area contributed by atoms with E-state index in [4.69, 9.17) is 16.3 Å². The molecule has 0 radical (unpaired) electrons. The van der Waals surface area contributed by atoms with Gasteiger partial charge >= 0.3 is 0 Å². The van der Waals surface area contributed by atoms with Crippen LogP contribution in [0, 0.1) is 23.2 Å². The van der Waals surface area contributed by atoms with E-state index in [1.807, 2.05) is 0 Å². The van der Waals surface area contributed by atoms with E-state index in [-0.39, 0.29) is 5.41 Å². The Morgan fingerprint density at radius 3 is 2.21 bits per heavy atom. The number of carbonyl (C=O) groups is 1. The first-order valence-corrected chi connectivity index (χ1v) is 8.17. The molecule has 108 valence electrons. The first-order chi connectivity index (χ1) is 9.22. The Hall–Kier alpha value is -0.280. The minimum Gasteiger partial charge on any atom is -0.378 e. The molecule has 4 fully saturated rings. The van der Waals surface area contributed by atoms with E-state index in [0.29, 0.717) is 31.5 Å². The van der Waals surface area contributed by atoms with E-state index in [1.54, 1.807) is 0 Å². The summed E-state index contributed by atoms with van der Waals surface area (Å²) in [7, 11) is 0. The van der Waals surface area contributed by atoms with Crippen molar-refractivity contribution < 1.29 is 9.53 Å². The van der Waals surface area contributed by atoms with E-state index in [2.05, 4.69) is 5.32 Å².